The minimum Gasteiger partial charge on any atom is -0.368 e. The lowest BCUT2D eigenvalue weighted by Gasteiger charge is -2.40. The number of carbonyl (C=O) groups excluding carboxylic acids is 2. The highest BCUT2D eigenvalue weighted by Crippen LogP contribution is 2.28. The Morgan fingerprint density at radius 1 is 1.10 bits per heavy atom. The number of nitrogens with one attached hydrogen (secondary N) is 1. The molecule has 4 rings (SSSR count). The van der Waals surface area contributed by atoms with Crippen molar-refractivity contribution in [2.24, 2.45) is 5.92 Å². The maximum atomic E-state index is 13.2. The third-order valence-electron chi connectivity index (χ3n) is 6.04. The second kappa shape index (κ2) is 9.21. The Kier molecular flexibility index (Phi) is 6.41. The van der Waals surface area contributed by atoms with Gasteiger partial charge in [0, 0.05) is 63.4 Å². The van der Waals surface area contributed by atoms with E-state index in [9.17, 15) is 9.59 Å². The van der Waals surface area contributed by atoms with E-state index in [0.29, 0.717) is 12.5 Å². The highest BCUT2D eigenvalue weighted by molar-refractivity contribution is 7.09. The van der Waals surface area contributed by atoms with Gasteiger partial charge in [0.25, 0.3) is 0 Å². The molecule has 2 amide bonds. The van der Waals surface area contributed by atoms with Crippen LogP contribution in [0.1, 0.15) is 30.9 Å². The van der Waals surface area contributed by atoms with Gasteiger partial charge in [-0.25, -0.2) is 0 Å². The van der Waals surface area contributed by atoms with Crippen LogP contribution in [0.4, 0.5) is 16.8 Å². The lowest BCUT2D eigenvalue weighted by atomic mass is 9.96. The molecule has 9 heteroatoms. The van der Waals surface area contributed by atoms with Crippen LogP contribution in [-0.2, 0) is 9.59 Å². The van der Waals surface area contributed by atoms with Crippen LogP contribution >= 0.6 is 11.5 Å². The third-order valence-corrected chi connectivity index (χ3v) is 6.82. The van der Waals surface area contributed by atoms with Gasteiger partial charge >= 0.3 is 0 Å². The van der Waals surface area contributed by atoms with Gasteiger partial charge in [-0.15, -0.1) is 0 Å². The number of rotatable bonds is 4. The highest BCUT2D eigenvalue weighted by atomic mass is 32.1. The third kappa shape index (κ3) is 4.98. The second-order valence-corrected chi connectivity index (χ2v) is 9.20. The number of piperazine rings is 1. The predicted molar refractivity (Wildman–Crippen MR) is 124 cm³/mol. The van der Waals surface area contributed by atoms with Crippen molar-refractivity contribution in [3.63, 3.8) is 0 Å². The van der Waals surface area contributed by atoms with Crippen molar-refractivity contribution in [2.75, 3.05) is 54.4 Å². The summed E-state index contributed by atoms with van der Waals surface area (Å²) in [6, 6.07) is 6.55. The van der Waals surface area contributed by atoms with Crippen molar-refractivity contribution < 1.29 is 9.59 Å². The van der Waals surface area contributed by atoms with Crippen LogP contribution in [0, 0.1) is 19.8 Å². The summed E-state index contributed by atoms with van der Waals surface area (Å²) < 4.78 is 4.20. The van der Waals surface area contributed by atoms with Crippen molar-refractivity contribution in [2.45, 2.75) is 33.6 Å². The maximum Gasteiger partial charge on any atom is 0.243 e. The molecular weight excluding hydrogens is 412 g/mol. The number of aryl methyl sites for hydroxylation is 2. The quantitative estimate of drug-likeness (QED) is 0.784. The van der Waals surface area contributed by atoms with Gasteiger partial charge in [0.05, 0.1) is 5.92 Å². The first kappa shape index (κ1) is 21.5. The predicted octanol–water partition coefficient (Wildman–Crippen LogP) is 2.68. The molecule has 31 heavy (non-hydrogen) atoms. The molecule has 2 aromatic rings. The molecule has 0 spiro atoms. The van der Waals surface area contributed by atoms with Gasteiger partial charge in [0.2, 0.25) is 22.9 Å². The van der Waals surface area contributed by atoms with E-state index >= 15 is 0 Å². The Morgan fingerprint density at radius 3 is 2.61 bits per heavy atom. The van der Waals surface area contributed by atoms with Crippen molar-refractivity contribution >= 4 is 40.1 Å². The standard InChI is InChI=1S/C22H30N6O2S/c1-15-6-7-16(2)19(13-15)26-9-11-27(12-10-26)20(30)18-5-4-8-28(14-18)22-24-21(25-31-22)23-17(3)29/h6-7,13,18H,4-5,8-12,14H2,1-3H3,(H,23,25,29). The molecule has 1 atom stereocenters. The average molecular weight is 443 g/mol. The molecule has 1 unspecified atom stereocenters. The highest BCUT2D eigenvalue weighted by Gasteiger charge is 2.32. The Morgan fingerprint density at radius 2 is 1.87 bits per heavy atom. The Labute approximate surface area is 187 Å². The summed E-state index contributed by atoms with van der Waals surface area (Å²) in [5.41, 5.74) is 3.82. The molecule has 3 heterocycles. The maximum absolute atomic E-state index is 13.2. The number of aromatic nitrogens is 2. The lowest BCUT2D eigenvalue weighted by Crippen LogP contribution is -2.52. The van der Waals surface area contributed by atoms with Gasteiger partial charge in [-0.3, -0.25) is 14.9 Å². The molecule has 0 bridgehead atoms. The molecule has 2 aliphatic heterocycles. The summed E-state index contributed by atoms with van der Waals surface area (Å²) in [5.74, 6) is 0.380. The lowest BCUT2D eigenvalue weighted by molar-refractivity contribution is -0.136. The molecule has 0 aliphatic carbocycles. The fourth-order valence-electron chi connectivity index (χ4n) is 4.39. The smallest absolute Gasteiger partial charge is 0.243 e. The van der Waals surface area contributed by atoms with E-state index in [1.807, 2.05) is 4.90 Å². The van der Waals surface area contributed by atoms with Gasteiger partial charge in [0.1, 0.15) is 0 Å². The van der Waals surface area contributed by atoms with Gasteiger partial charge in [0.15, 0.2) is 0 Å². The zero-order chi connectivity index (χ0) is 22.0. The van der Waals surface area contributed by atoms with Crippen molar-refractivity contribution in [1.29, 1.82) is 0 Å². The van der Waals surface area contributed by atoms with Crippen molar-refractivity contribution in [3.05, 3.63) is 29.3 Å². The number of carbonyl (C=O) groups is 2. The van der Waals surface area contributed by atoms with E-state index in [0.717, 1.165) is 50.7 Å². The molecule has 2 aliphatic rings. The van der Waals surface area contributed by atoms with Crippen LogP contribution in [0.5, 0.6) is 0 Å². The monoisotopic (exact) mass is 442 g/mol. The van der Waals surface area contributed by atoms with Crippen LogP contribution in [0.25, 0.3) is 0 Å². The molecule has 0 saturated carbocycles. The molecule has 1 N–H and O–H groups in total. The topological polar surface area (TPSA) is 81.7 Å². The van der Waals surface area contributed by atoms with E-state index in [1.54, 1.807) is 0 Å². The molecule has 2 saturated heterocycles. The zero-order valence-electron chi connectivity index (χ0n) is 18.4. The van der Waals surface area contributed by atoms with E-state index in [4.69, 9.17) is 0 Å². The number of amides is 2. The SMILES string of the molecule is CC(=O)Nc1nsc(N2CCCC(C(=O)N3CCN(c4cc(C)ccc4C)CC3)C2)n1. The number of piperidine rings is 1. The Balaban J connectivity index is 1.35. The zero-order valence-corrected chi connectivity index (χ0v) is 19.2. The van der Waals surface area contributed by atoms with Crippen LogP contribution in [0.3, 0.4) is 0 Å². The summed E-state index contributed by atoms with van der Waals surface area (Å²) in [5, 5.41) is 3.38. The van der Waals surface area contributed by atoms with Gasteiger partial charge in [-0.05, 0) is 43.9 Å². The summed E-state index contributed by atoms with van der Waals surface area (Å²) >= 11 is 1.27. The molecule has 2 fully saturated rings. The van der Waals surface area contributed by atoms with Crippen LogP contribution in [-0.4, -0.2) is 65.3 Å². The molecular formula is C22H30N6O2S. The number of hydrogen-bond acceptors (Lipinski definition) is 7. The average Bonchev–Trinajstić information content (AvgIpc) is 3.23. The molecule has 1 aromatic heterocycles. The summed E-state index contributed by atoms with van der Waals surface area (Å²) in [7, 11) is 0. The van der Waals surface area contributed by atoms with Crippen LogP contribution < -0.4 is 15.1 Å². The van der Waals surface area contributed by atoms with Gasteiger partial charge in [-0.1, -0.05) is 12.1 Å². The summed E-state index contributed by atoms with van der Waals surface area (Å²) in [6.45, 7) is 10.5. The Bertz CT molecular complexity index is 953. The number of anilines is 3. The van der Waals surface area contributed by atoms with E-state index < -0.39 is 0 Å². The van der Waals surface area contributed by atoms with Crippen molar-refractivity contribution in [3.8, 4) is 0 Å². The van der Waals surface area contributed by atoms with E-state index in [2.05, 4.69) is 56.5 Å². The fraction of sp³-hybridized carbons (Fsp3) is 0.545. The van der Waals surface area contributed by atoms with E-state index in [1.165, 1.54) is 35.3 Å². The van der Waals surface area contributed by atoms with Crippen molar-refractivity contribution in [1.82, 2.24) is 14.3 Å². The molecule has 0 radical (unpaired) electrons. The first-order valence-corrected chi connectivity index (χ1v) is 11.7. The normalized spacial score (nSPS) is 19.5. The minimum absolute atomic E-state index is 0.0193. The van der Waals surface area contributed by atoms with E-state index in [-0.39, 0.29) is 17.7 Å². The number of benzene rings is 1. The second-order valence-electron chi connectivity index (χ2n) is 8.47. The molecule has 1 aromatic carbocycles. The molecule has 166 valence electrons. The minimum atomic E-state index is -0.184. The Hall–Kier alpha value is -2.68. The number of hydrogen-bond donors (Lipinski definition) is 1. The molecule has 8 nitrogen and oxygen atoms in total. The van der Waals surface area contributed by atoms with Gasteiger partial charge in [-0.2, -0.15) is 9.36 Å². The summed E-state index contributed by atoms with van der Waals surface area (Å²) in [4.78, 5) is 35.4. The first-order valence-electron chi connectivity index (χ1n) is 10.9. The number of nitrogens with zero attached hydrogens (tertiary/aromatic N) is 5. The van der Waals surface area contributed by atoms with Crippen LogP contribution in [0.2, 0.25) is 0 Å². The first-order chi connectivity index (χ1) is 14.9. The summed E-state index contributed by atoms with van der Waals surface area (Å²) in [6.07, 6.45) is 1.86. The van der Waals surface area contributed by atoms with Gasteiger partial charge < -0.3 is 14.7 Å². The largest absolute Gasteiger partial charge is 0.368 e. The fourth-order valence-corrected chi connectivity index (χ4v) is 5.05. The van der Waals surface area contributed by atoms with Crippen LogP contribution in [0.15, 0.2) is 18.2 Å².